The molecule has 0 saturated heterocycles. The molecule has 4 nitrogen and oxygen atoms in total. The van der Waals surface area contributed by atoms with Crippen LogP contribution in [-0.4, -0.2) is 5.91 Å². The first-order valence-corrected chi connectivity index (χ1v) is 7.87. The molecule has 3 aromatic rings. The van der Waals surface area contributed by atoms with E-state index in [4.69, 9.17) is 16.0 Å². The average Bonchev–Trinajstić information content (AvgIpc) is 3.09. The number of anilines is 1. The van der Waals surface area contributed by atoms with Gasteiger partial charge in [-0.15, -0.1) is 0 Å². The number of hydrogen-bond donors (Lipinski definition) is 1. The van der Waals surface area contributed by atoms with Gasteiger partial charge in [-0.3, -0.25) is 4.79 Å². The van der Waals surface area contributed by atoms with Crippen molar-refractivity contribution in [3.63, 3.8) is 0 Å². The fraction of sp³-hybridized carbons (Fsp3) is 0. The Bertz CT molecular complexity index is 951. The number of para-hydroxylation sites is 1. The lowest BCUT2D eigenvalue weighted by atomic mass is 10.2. The number of nitrogens with one attached hydrogen (secondary N) is 1. The molecule has 0 aliphatic carbocycles. The molecule has 3 rings (SSSR count). The molecule has 0 atom stereocenters. The zero-order valence-corrected chi connectivity index (χ0v) is 13.8. The van der Waals surface area contributed by atoms with E-state index in [0.717, 1.165) is 5.56 Å². The summed E-state index contributed by atoms with van der Waals surface area (Å²) in [5, 5.41) is 12.6. The Morgan fingerprint density at radius 2 is 1.76 bits per heavy atom. The summed E-state index contributed by atoms with van der Waals surface area (Å²) in [6.07, 6.45) is 1.41. The minimum atomic E-state index is -0.488. The Balaban J connectivity index is 1.80. The Labute approximate surface area is 150 Å². The summed E-state index contributed by atoms with van der Waals surface area (Å²) in [6.45, 7) is 0. The molecule has 0 bridgehead atoms. The standard InChI is InChI=1S/C20H13ClN2O2/c21-16-8-6-14(7-9-16)19-11-10-18(25-19)12-15(13-22)20(24)23-17-4-2-1-3-5-17/h1-12H,(H,23,24)/b15-12+. The number of furan rings is 1. The van der Waals surface area contributed by atoms with Crippen LogP contribution >= 0.6 is 11.6 Å². The van der Waals surface area contributed by atoms with Gasteiger partial charge in [0.2, 0.25) is 0 Å². The largest absolute Gasteiger partial charge is 0.457 e. The first-order valence-electron chi connectivity index (χ1n) is 7.50. The average molecular weight is 349 g/mol. The summed E-state index contributed by atoms with van der Waals surface area (Å²) in [4.78, 5) is 12.2. The van der Waals surface area contributed by atoms with Crippen LogP contribution in [0.15, 0.2) is 76.7 Å². The number of nitrogens with zero attached hydrogens (tertiary/aromatic N) is 1. The lowest BCUT2D eigenvalue weighted by Crippen LogP contribution is -2.13. The Kier molecular flexibility index (Phi) is 4.98. The van der Waals surface area contributed by atoms with Gasteiger partial charge in [0.15, 0.2) is 0 Å². The van der Waals surface area contributed by atoms with E-state index in [-0.39, 0.29) is 5.57 Å². The van der Waals surface area contributed by atoms with Crippen molar-refractivity contribution >= 4 is 29.3 Å². The molecule has 0 radical (unpaired) electrons. The van der Waals surface area contributed by atoms with E-state index in [9.17, 15) is 10.1 Å². The molecule has 0 saturated carbocycles. The fourth-order valence-corrected chi connectivity index (χ4v) is 2.34. The number of nitriles is 1. The van der Waals surface area contributed by atoms with Crippen molar-refractivity contribution in [2.45, 2.75) is 0 Å². The molecule has 0 fully saturated rings. The number of rotatable bonds is 4. The number of halogens is 1. The third-order valence-corrected chi connectivity index (χ3v) is 3.69. The molecule has 5 heteroatoms. The molecule has 1 heterocycles. The number of benzene rings is 2. The van der Waals surface area contributed by atoms with Gasteiger partial charge in [-0.1, -0.05) is 29.8 Å². The highest BCUT2D eigenvalue weighted by Gasteiger charge is 2.11. The van der Waals surface area contributed by atoms with Gasteiger partial charge < -0.3 is 9.73 Å². The SMILES string of the molecule is N#C/C(=C\c1ccc(-c2ccc(Cl)cc2)o1)C(=O)Nc1ccccc1. The fourth-order valence-electron chi connectivity index (χ4n) is 2.21. The van der Waals surface area contributed by atoms with E-state index in [1.807, 2.05) is 24.3 Å². The molecule has 122 valence electrons. The Morgan fingerprint density at radius 1 is 1.04 bits per heavy atom. The minimum Gasteiger partial charge on any atom is -0.457 e. The third kappa shape index (κ3) is 4.17. The van der Waals surface area contributed by atoms with Crippen LogP contribution in [-0.2, 0) is 4.79 Å². The molecule has 2 aromatic carbocycles. The van der Waals surface area contributed by atoms with Crippen molar-refractivity contribution in [2.75, 3.05) is 5.32 Å². The van der Waals surface area contributed by atoms with Gasteiger partial charge in [0.25, 0.3) is 5.91 Å². The van der Waals surface area contributed by atoms with Gasteiger partial charge in [-0.05, 0) is 48.5 Å². The summed E-state index contributed by atoms with van der Waals surface area (Å²) in [5.41, 5.74) is 1.44. The molecule has 0 unspecified atom stereocenters. The van der Waals surface area contributed by atoms with Crippen molar-refractivity contribution in [2.24, 2.45) is 0 Å². The lowest BCUT2D eigenvalue weighted by Gasteiger charge is -2.03. The van der Waals surface area contributed by atoms with Gasteiger partial charge in [0.05, 0.1) is 0 Å². The summed E-state index contributed by atoms with van der Waals surface area (Å²) in [7, 11) is 0. The van der Waals surface area contributed by atoms with Crippen LogP contribution in [0.25, 0.3) is 17.4 Å². The minimum absolute atomic E-state index is 0.0409. The van der Waals surface area contributed by atoms with E-state index in [0.29, 0.717) is 22.2 Å². The molecule has 1 aromatic heterocycles. The first kappa shape index (κ1) is 16.6. The van der Waals surface area contributed by atoms with Gasteiger partial charge in [0.1, 0.15) is 23.2 Å². The predicted octanol–water partition coefficient (Wildman–Crippen LogP) is 5.15. The van der Waals surface area contributed by atoms with E-state index in [2.05, 4.69) is 5.32 Å². The number of carbonyl (C=O) groups is 1. The highest BCUT2D eigenvalue weighted by Crippen LogP contribution is 2.25. The Hall–Kier alpha value is -3.29. The van der Waals surface area contributed by atoms with Gasteiger partial charge in [-0.2, -0.15) is 5.26 Å². The van der Waals surface area contributed by atoms with Gasteiger partial charge in [0, 0.05) is 22.3 Å². The highest BCUT2D eigenvalue weighted by atomic mass is 35.5. The quantitative estimate of drug-likeness (QED) is 0.524. The van der Waals surface area contributed by atoms with Crippen LogP contribution in [0.3, 0.4) is 0 Å². The van der Waals surface area contributed by atoms with Crippen molar-refractivity contribution < 1.29 is 9.21 Å². The van der Waals surface area contributed by atoms with Crippen LogP contribution in [0, 0.1) is 11.3 Å². The summed E-state index contributed by atoms with van der Waals surface area (Å²) in [5.74, 6) is 0.562. The molecule has 25 heavy (non-hydrogen) atoms. The van der Waals surface area contributed by atoms with Crippen molar-refractivity contribution in [1.29, 1.82) is 5.26 Å². The smallest absolute Gasteiger partial charge is 0.266 e. The zero-order chi connectivity index (χ0) is 17.6. The third-order valence-electron chi connectivity index (χ3n) is 3.44. The molecular formula is C20H13ClN2O2. The van der Waals surface area contributed by atoms with E-state index >= 15 is 0 Å². The zero-order valence-electron chi connectivity index (χ0n) is 13.1. The van der Waals surface area contributed by atoms with E-state index in [1.165, 1.54) is 6.08 Å². The second-order valence-electron chi connectivity index (χ2n) is 5.20. The molecule has 0 spiro atoms. The summed E-state index contributed by atoms with van der Waals surface area (Å²) >= 11 is 5.87. The van der Waals surface area contributed by atoms with Crippen LogP contribution in [0.4, 0.5) is 5.69 Å². The number of amides is 1. The summed E-state index contributed by atoms with van der Waals surface area (Å²) < 4.78 is 5.69. The van der Waals surface area contributed by atoms with Crippen LogP contribution in [0.2, 0.25) is 5.02 Å². The lowest BCUT2D eigenvalue weighted by molar-refractivity contribution is -0.112. The highest BCUT2D eigenvalue weighted by molar-refractivity contribution is 6.30. The molecule has 0 aliphatic heterocycles. The van der Waals surface area contributed by atoms with Crippen LogP contribution in [0.5, 0.6) is 0 Å². The normalized spacial score (nSPS) is 11.0. The molecule has 1 N–H and O–H groups in total. The van der Waals surface area contributed by atoms with E-state index < -0.39 is 5.91 Å². The van der Waals surface area contributed by atoms with Crippen molar-refractivity contribution in [3.05, 3.63) is 83.1 Å². The van der Waals surface area contributed by atoms with Crippen LogP contribution < -0.4 is 5.32 Å². The maximum Gasteiger partial charge on any atom is 0.266 e. The molecule has 0 aliphatic rings. The van der Waals surface area contributed by atoms with Crippen molar-refractivity contribution in [1.82, 2.24) is 0 Å². The second-order valence-corrected chi connectivity index (χ2v) is 5.64. The maximum atomic E-state index is 12.2. The topological polar surface area (TPSA) is 66.0 Å². The maximum absolute atomic E-state index is 12.2. The summed E-state index contributed by atoms with van der Waals surface area (Å²) in [6, 6.07) is 21.5. The molecule has 1 amide bonds. The van der Waals surface area contributed by atoms with Gasteiger partial charge >= 0.3 is 0 Å². The van der Waals surface area contributed by atoms with Crippen LogP contribution in [0.1, 0.15) is 5.76 Å². The van der Waals surface area contributed by atoms with Crippen molar-refractivity contribution in [3.8, 4) is 17.4 Å². The Morgan fingerprint density at radius 3 is 2.44 bits per heavy atom. The van der Waals surface area contributed by atoms with E-state index in [1.54, 1.807) is 48.5 Å². The number of carbonyl (C=O) groups excluding carboxylic acids is 1. The monoisotopic (exact) mass is 348 g/mol. The number of hydrogen-bond acceptors (Lipinski definition) is 3. The molecular weight excluding hydrogens is 336 g/mol. The second kappa shape index (κ2) is 7.52. The first-order chi connectivity index (χ1) is 12.2. The predicted molar refractivity (Wildman–Crippen MR) is 97.8 cm³/mol. The van der Waals surface area contributed by atoms with Gasteiger partial charge in [-0.25, -0.2) is 0 Å².